The Morgan fingerprint density at radius 2 is 2.06 bits per heavy atom. The van der Waals surface area contributed by atoms with Crippen molar-refractivity contribution in [3.05, 3.63) is 57.3 Å². The summed E-state index contributed by atoms with van der Waals surface area (Å²) >= 11 is 0. The molecule has 0 aliphatic rings. The van der Waals surface area contributed by atoms with E-state index >= 15 is 0 Å². The minimum atomic E-state index is -0.312. The second-order valence-electron chi connectivity index (χ2n) is 4.02. The SMILES string of the molecule is C=CCn1c(=O)c2c(C)cccc2n(C)c1=O. The molecule has 1 aromatic carbocycles. The highest BCUT2D eigenvalue weighted by molar-refractivity contribution is 5.81. The maximum absolute atomic E-state index is 12.2. The van der Waals surface area contributed by atoms with Crippen LogP contribution in [0.1, 0.15) is 5.56 Å². The summed E-state index contributed by atoms with van der Waals surface area (Å²) in [6.07, 6.45) is 1.55. The van der Waals surface area contributed by atoms with Crippen LogP contribution in [-0.2, 0) is 13.6 Å². The highest BCUT2D eigenvalue weighted by Crippen LogP contribution is 2.11. The van der Waals surface area contributed by atoms with Crippen LogP contribution in [0, 0.1) is 6.92 Å². The Balaban J connectivity index is 3.07. The lowest BCUT2D eigenvalue weighted by Gasteiger charge is -2.10. The Bertz CT molecular complexity index is 708. The third-order valence-electron chi connectivity index (χ3n) is 2.90. The van der Waals surface area contributed by atoms with E-state index in [1.807, 2.05) is 19.1 Å². The van der Waals surface area contributed by atoms with Crippen molar-refractivity contribution in [2.75, 3.05) is 0 Å². The topological polar surface area (TPSA) is 44.0 Å². The molecule has 0 saturated carbocycles. The Morgan fingerprint density at radius 3 is 2.71 bits per heavy atom. The van der Waals surface area contributed by atoms with Gasteiger partial charge in [-0.3, -0.25) is 13.9 Å². The van der Waals surface area contributed by atoms with Crippen molar-refractivity contribution in [3.8, 4) is 0 Å². The van der Waals surface area contributed by atoms with Crippen molar-refractivity contribution in [1.82, 2.24) is 9.13 Å². The van der Waals surface area contributed by atoms with E-state index in [1.54, 1.807) is 19.2 Å². The summed E-state index contributed by atoms with van der Waals surface area (Å²) in [7, 11) is 1.67. The molecular formula is C13H14N2O2. The van der Waals surface area contributed by atoms with Gasteiger partial charge in [-0.15, -0.1) is 6.58 Å². The smallest absolute Gasteiger partial charge is 0.296 e. The van der Waals surface area contributed by atoms with Gasteiger partial charge >= 0.3 is 5.69 Å². The number of aromatic nitrogens is 2. The molecule has 1 heterocycles. The molecule has 17 heavy (non-hydrogen) atoms. The third-order valence-corrected chi connectivity index (χ3v) is 2.90. The van der Waals surface area contributed by atoms with Crippen LogP contribution in [0.15, 0.2) is 40.4 Å². The van der Waals surface area contributed by atoms with Crippen molar-refractivity contribution in [3.63, 3.8) is 0 Å². The fraction of sp³-hybridized carbons (Fsp3) is 0.231. The number of nitrogens with zero attached hydrogens (tertiary/aromatic N) is 2. The molecule has 0 bridgehead atoms. The van der Waals surface area contributed by atoms with Gasteiger partial charge in [0, 0.05) is 13.6 Å². The van der Waals surface area contributed by atoms with Crippen LogP contribution in [0.3, 0.4) is 0 Å². The summed E-state index contributed by atoms with van der Waals surface area (Å²) in [6.45, 7) is 5.66. The minimum Gasteiger partial charge on any atom is -0.296 e. The maximum Gasteiger partial charge on any atom is 0.331 e. The van der Waals surface area contributed by atoms with Gasteiger partial charge in [0.15, 0.2) is 0 Å². The van der Waals surface area contributed by atoms with E-state index in [2.05, 4.69) is 6.58 Å². The average Bonchev–Trinajstić information content (AvgIpc) is 2.31. The molecule has 0 radical (unpaired) electrons. The Hall–Kier alpha value is -2.10. The maximum atomic E-state index is 12.2. The number of hydrogen-bond donors (Lipinski definition) is 0. The van der Waals surface area contributed by atoms with Gasteiger partial charge in [-0.1, -0.05) is 18.2 Å². The fourth-order valence-corrected chi connectivity index (χ4v) is 2.01. The van der Waals surface area contributed by atoms with Crippen molar-refractivity contribution in [2.24, 2.45) is 7.05 Å². The lowest BCUT2D eigenvalue weighted by molar-refractivity contribution is 0.671. The van der Waals surface area contributed by atoms with Crippen LogP contribution in [0.2, 0.25) is 0 Å². The average molecular weight is 230 g/mol. The molecule has 0 unspecified atom stereocenters. The third kappa shape index (κ3) is 1.62. The zero-order chi connectivity index (χ0) is 12.6. The first kappa shape index (κ1) is 11.4. The lowest BCUT2D eigenvalue weighted by Crippen LogP contribution is -2.39. The number of rotatable bonds is 2. The molecule has 4 heteroatoms. The summed E-state index contributed by atoms with van der Waals surface area (Å²) in [5.41, 5.74) is 0.982. The molecule has 1 aromatic heterocycles. The van der Waals surface area contributed by atoms with Gasteiger partial charge in [-0.2, -0.15) is 0 Å². The Labute approximate surface area is 98.4 Å². The summed E-state index contributed by atoms with van der Waals surface area (Å²) in [5.74, 6) is 0. The van der Waals surface area contributed by atoms with Crippen LogP contribution >= 0.6 is 0 Å². The van der Waals surface area contributed by atoms with Gasteiger partial charge in [-0.05, 0) is 18.6 Å². The van der Waals surface area contributed by atoms with E-state index in [9.17, 15) is 9.59 Å². The molecule has 0 fully saturated rings. The molecular weight excluding hydrogens is 216 g/mol. The van der Waals surface area contributed by atoms with E-state index in [1.165, 1.54) is 9.13 Å². The summed E-state index contributed by atoms with van der Waals surface area (Å²) < 4.78 is 2.69. The minimum absolute atomic E-state index is 0.232. The van der Waals surface area contributed by atoms with Crippen molar-refractivity contribution in [2.45, 2.75) is 13.5 Å². The monoisotopic (exact) mass is 230 g/mol. The van der Waals surface area contributed by atoms with Crippen molar-refractivity contribution < 1.29 is 0 Å². The van der Waals surface area contributed by atoms with Gasteiger partial charge in [0.25, 0.3) is 5.56 Å². The highest BCUT2D eigenvalue weighted by atomic mass is 16.2. The molecule has 2 aromatic rings. The van der Waals surface area contributed by atoms with Gasteiger partial charge < -0.3 is 0 Å². The summed E-state index contributed by atoms with van der Waals surface area (Å²) in [5, 5.41) is 0.594. The lowest BCUT2D eigenvalue weighted by atomic mass is 10.1. The molecule has 0 amide bonds. The van der Waals surface area contributed by atoms with Crippen LogP contribution in [0.4, 0.5) is 0 Å². The molecule has 2 rings (SSSR count). The second-order valence-corrected chi connectivity index (χ2v) is 4.02. The number of allylic oxidation sites excluding steroid dienone is 1. The van der Waals surface area contributed by atoms with Crippen LogP contribution in [0.25, 0.3) is 10.9 Å². The number of fused-ring (bicyclic) bond motifs is 1. The standard InChI is InChI=1S/C13H14N2O2/c1-4-8-15-12(16)11-9(2)6-5-7-10(11)14(3)13(15)17/h4-7H,1,8H2,2-3H3. The number of aryl methyl sites for hydroxylation is 2. The highest BCUT2D eigenvalue weighted by Gasteiger charge is 2.10. The Kier molecular flexibility index (Phi) is 2.71. The molecule has 88 valence electrons. The van der Waals surface area contributed by atoms with E-state index in [0.717, 1.165) is 5.56 Å². The zero-order valence-electron chi connectivity index (χ0n) is 9.93. The Morgan fingerprint density at radius 1 is 1.35 bits per heavy atom. The predicted octanol–water partition coefficient (Wildman–Crippen LogP) is 1.19. The molecule has 0 N–H and O–H groups in total. The second kappa shape index (κ2) is 4.05. The number of benzene rings is 1. The molecule has 4 nitrogen and oxygen atoms in total. The van der Waals surface area contributed by atoms with Crippen LogP contribution in [-0.4, -0.2) is 9.13 Å². The van der Waals surface area contributed by atoms with Gasteiger partial charge in [0.05, 0.1) is 10.9 Å². The molecule has 0 saturated heterocycles. The molecule has 0 spiro atoms. The fourth-order valence-electron chi connectivity index (χ4n) is 2.01. The van der Waals surface area contributed by atoms with E-state index in [4.69, 9.17) is 0 Å². The quantitative estimate of drug-likeness (QED) is 0.727. The van der Waals surface area contributed by atoms with Crippen LogP contribution < -0.4 is 11.2 Å². The summed E-state index contributed by atoms with van der Waals surface area (Å²) in [4.78, 5) is 24.2. The largest absolute Gasteiger partial charge is 0.331 e. The molecule has 0 aliphatic heterocycles. The molecule has 0 atom stereocenters. The first-order chi connectivity index (χ1) is 8.07. The van der Waals surface area contributed by atoms with E-state index < -0.39 is 0 Å². The normalized spacial score (nSPS) is 10.7. The van der Waals surface area contributed by atoms with Gasteiger partial charge in [0.2, 0.25) is 0 Å². The van der Waals surface area contributed by atoms with Crippen LogP contribution in [0.5, 0.6) is 0 Å². The van der Waals surface area contributed by atoms with E-state index in [0.29, 0.717) is 10.9 Å². The van der Waals surface area contributed by atoms with Crippen molar-refractivity contribution in [1.29, 1.82) is 0 Å². The molecule has 0 aliphatic carbocycles. The first-order valence-electron chi connectivity index (χ1n) is 5.38. The van der Waals surface area contributed by atoms with Gasteiger partial charge in [-0.25, -0.2) is 4.79 Å². The summed E-state index contributed by atoms with van der Waals surface area (Å²) in [6, 6.07) is 5.49. The number of hydrogen-bond acceptors (Lipinski definition) is 2. The van der Waals surface area contributed by atoms with Gasteiger partial charge in [0.1, 0.15) is 0 Å². The predicted molar refractivity (Wildman–Crippen MR) is 68.4 cm³/mol. The zero-order valence-corrected chi connectivity index (χ0v) is 9.93. The van der Waals surface area contributed by atoms with E-state index in [-0.39, 0.29) is 17.8 Å². The van der Waals surface area contributed by atoms with Crippen molar-refractivity contribution >= 4 is 10.9 Å². The first-order valence-corrected chi connectivity index (χ1v) is 5.38.